The molecule has 1 saturated heterocycles. The normalized spacial score (nSPS) is 16.2. The minimum Gasteiger partial charge on any atom is -0.363 e. The number of nitrogens with one attached hydrogen (secondary N) is 1. The smallest absolute Gasteiger partial charge is 0.310 e. The zero-order chi connectivity index (χ0) is 11.5. The van der Waals surface area contributed by atoms with Gasteiger partial charge in [0.25, 0.3) is 0 Å². The van der Waals surface area contributed by atoms with Crippen molar-refractivity contribution in [3.8, 4) is 0 Å². The molecule has 2 rings (SSSR count). The third kappa shape index (κ3) is 1.96. The number of aryl methyl sites for hydroxylation is 1. The van der Waals surface area contributed by atoms with E-state index >= 15 is 0 Å². The summed E-state index contributed by atoms with van der Waals surface area (Å²) in [5, 5.41) is 14.2. The SMILES string of the molecule is Cc1cncc([N+](=O)[O-])c1N1CCNCC1. The molecule has 6 nitrogen and oxygen atoms in total. The van der Waals surface area contributed by atoms with E-state index in [-0.39, 0.29) is 10.6 Å². The first-order chi connectivity index (χ1) is 7.70. The van der Waals surface area contributed by atoms with Gasteiger partial charge in [-0.25, -0.2) is 0 Å². The van der Waals surface area contributed by atoms with E-state index < -0.39 is 0 Å². The molecule has 0 saturated carbocycles. The highest BCUT2D eigenvalue weighted by molar-refractivity contribution is 5.66. The Kier molecular flexibility index (Phi) is 3.00. The Bertz CT molecular complexity index is 402. The Balaban J connectivity index is 2.40. The van der Waals surface area contributed by atoms with Crippen LogP contribution >= 0.6 is 0 Å². The first-order valence-electron chi connectivity index (χ1n) is 5.25. The lowest BCUT2D eigenvalue weighted by atomic mass is 10.2. The molecule has 6 heteroatoms. The van der Waals surface area contributed by atoms with Crippen LogP contribution in [0.4, 0.5) is 11.4 Å². The molecule has 86 valence electrons. The number of anilines is 1. The summed E-state index contributed by atoms with van der Waals surface area (Å²) in [5.74, 6) is 0. The topological polar surface area (TPSA) is 71.3 Å². The third-order valence-corrected chi connectivity index (χ3v) is 2.71. The summed E-state index contributed by atoms with van der Waals surface area (Å²) in [7, 11) is 0. The summed E-state index contributed by atoms with van der Waals surface area (Å²) in [6.45, 7) is 5.17. The van der Waals surface area contributed by atoms with Gasteiger partial charge < -0.3 is 10.2 Å². The van der Waals surface area contributed by atoms with Gasteiger partial charge in [0.1, 0.15) is 11.9 Å². The number of pyridine rings is 1. The summed E-state index contributed by atoms with van der Waals surface area (Å²) < 4.78 is 0. The number of rotatable bonds is 2. The number of piperazine rings is 1. The Morgan fingerprint density at radius 3 is 2.75 bits per heavy atom. The van der Waals surface area contributed by atoms with Crippen molar-refractivity contribution in [1.82, 2.24) is 10.3 Å². The Morgan fingerprint density at radius 1 is 1.44 bits per heavy atom. The van der Waals surface area contributed by atoms with Crippen molar-refractivity contribution in [2.45, 2.75) is 6.92 Å². The van der Waals surface area contributed by atoms with E-state index in [1.165, 1.54) is 6.20 Å². The zero-order valence-electron chi connectivity index (χ0n) is 9.14. The monoisotopic (exact) mass is 222 g/mol. The molecule has 0 bridgehead atoms. The summed E-state index contributed by atoms with van der Waals surface area (Å²) in [5.41, 5.74) is 1.67. The van der Waals surface area contributed by atoms with Crippen molar-refractivity contribution in [3.05, 3.63) is 28.1 Å². The molecule has 2 heterocycles. The van der Waals surface area contributed by atoms with Crippen molar-refractivity contribution < 1.29 is 4.92 Å². The molecule has 1 fully saturated rings. The quantitative estimate of drug-likeness (QED) is 0.589. The molecule has 16 heavy (non-hydrogen) atoms. The molecule has 0 radical (unpaired) electrons. The van der Waals surface area contributed by atoms with Crippen LogP contribution in [0, 0.1) is 17.0 Å². The molecule has 1 aliphatic heterocycles. The fourth-order valence-electron chi connectivity index (χ4n) is 1.98. The average Bonchev–Trinajstić information content (AvgIpc) is 2.29. The van der Waals surface area contributed by atoms with Crippen LogP contribution in [-0.4, -0.2) is 36.1 Å². The molecule has 1 N–H and O–H groups in total. The molecule has 0 amide bonds. The molecule has 0 aliphatic carbocycles. The van der Waals surface area contributed by atoms with Gasteiger partial charge in [0, 0.05) is 32.4 Å². The maximum Gasteiger partial charge on any atom is 0.310 e. The van der Waals surface area contributed by atoms with E-state index in [1.54, 1.807) is 6.20 Å². The van der Waals surface area contributed by atoms with Gasteiger partial charge in [0.2, 0.25) is 0 Å². The van der Waals surface area contributed by atoms with E-state index in [0.29, 0.717) is 5.69 Å². The van der Waals surface area contributed by atoms with Gasteiger partial charge in [-0.2, -0.15) is 0 Å². The Morgan fingerprint density at radius 2 is 2.12 bits per heavy atom. The Labute approximate surface area is 93.4 Å². The van der Waals surface area contributed by atoms with Gasteiger partial charge in [-0.15, -0.1) is 0 Å². The van der Waals surface area contributed by atoms with Gasteiger partial charge >= 0.3 is 5.69 Å². The number of nitrogens with zero attached hydrogens (tertiary/aromatic N) is 3. The van der Waals surface area contributed by atoms with Crippen LogP contribution in [0.3, 0.4) is 0 Å². The highest BCUT2D eigenvalue weighted by Gasteiger charge is 2.23. The van der Waals surface area contributed by atoms with E-state index in [2.05, 4.69) is 10.3 Å². The maximum atomic E-state index is 10.9. The lowest BCUT2D eigenvalue weighted by molar-refractivity contribution is -0.384. The fourth-order valence-corrected chi connectivity index (χ4v) is 1.98. The van der Waals surface area contributed by atoms with Crippen LogP contribution in [0.5, 0.6) is 0 Å². The van der Waals surface area contributed by atoms with Crippen LogP contribution in [-0.2, 0) is 0 Å². The Hall–Kier alpha value is -1.69. The molecule has 1 aliphatic rings. The lowest BCUT2D eigenvalue weighted by Gasteiger charge is -2.29. The summed E-state index contributed by atoms with van der Waals surface area (Å²) >= 11 is 0. The number of hydrogen-bond acceptors (Lipinski definition) is 5. The van der Waals surface area contributed by atoms with Crippen LogP contribution in [0.25, 0.3) is 0 Å². The second-order valence-electron chi connectivity index (χ2n) is 3.82. The number of aromatic nitrogens is 1. The van der Waals surface area contributed by atoms with E-state index in [0.717, 1.165) is 31.7 Å². The lowest BCUT2D eigenvalue weighted by Crippen LogP contribution is -2.44. The maximum absolute atomic E-state index is 10.9. The standard InChI is InChI=1S/C10H14N4O2/c1-8-6-12-7-9(14(15)16)10(8)13-4-2-11-3-5-13/h6-7,11H,2-5H2,1H3. The predicted molar refractivity (Wildman–Crippen MR) is 60.7 cm³/mol. The first kappa shape index (κ1) is 10.8. The van der Waals surface area contributed by atoms with E-state index in [9.17, 15) is 10.1 Å². The fraction of sp³-hybridized carbons (Fsp3) is 0.500. The molecule has 1 aromatic heterocycles. The van der Waals surface area contributed by atoms with Gasteiger partial charge in [-0.3, -0.25) is 15.1 Å². The molecule has 1 aromatic rings. The van der Waals surface area contributed by atoms with Crippen molar-refractivity contribution in [1.29, 1.82) is 0 Å². The minimum absolute atomic E-state index is 0.0990. The van der Waals surface area contributed by atoms with Crippen LogP contribution in [0.1, 0.15) is 5.56 Å². The molecular weight excluding hydrogens is 208 g/mol. The average molecular weight is 222 g/mol. The first-order valence-corrected chi connectivity index (χ1v) is 5.25. The van der Waals surface area contributed by atoms with Crippen LogP contribution in [0.15, 0.2) is 12.4 Å². The number of nitro groups is 1. The molecule has 0 atom stereocenters. The van der Waals surface area contributed by atoms with Crippen molar-refractivity contribution in [2.75, 3.05) is 31.1 Å². The third-order valence-electron chi connectivity index (χ3n) is 2.71. The van der Waals surface area contributed by atoms with Crippen molar-refractivity contribution in [2.24, 2.45) is 0 Å². The van der Waals surface area contributed by atoms with E-state index in [4.69, 9.17) is 0 Å². The predicted octanol–water partition coefficient (Wildman–Crippen LogP) is 0.708. The van der Waals surface area contributed by atoms with Gasteiger partial charge in [0.05, 0.1) is 4.92 Å². The molecule has 0 aromatic carbocycles. The van der Waals surface area contributed by atoms with Crippen LogP contribution in [0.2, 0.25) is 0 Å². The van der Waals surface area contributed by atoms with Gasteiger partial charge in [-0.1, -0.05) is 0 Å². The molecule has 0 unspecified atom stereocenters. The summed E-state index contributed by atoms with van der Waals surface area (Å²) in [4.78, 5) is 16.5. The largest absolute Gasteiger partial charge is 0.363 e. The number of hydrogen-bond donors (Lipinski definition) is 1. The van der Waals surface area contributed by atoms with E-state index in [1.807, 2.05) is 11.8 Å². The second-order valence-corrected chi connectivity index (χ2v) is 3.82. The summed E-state index contributed by atoms with van der Waals surface area (Å²) in [6, 6.07) is 0. The summed E-state index contributed by atoms with van der Waals surface area (Å²) in [6.07, 6.45) is 2.99. The minimum atomic E-state index is -0.364. The highest BCUT2D eigenvalue weighted by atomic mass is 16.6. The molecular formula is C10H14N4O2. The van der Waals surface area contributed by atoms with Crippen LogP contribution < -0.4 is 10.2 Å². The van der Waals surface area contributed by atoms with Crippen molar-refractivity contribution >= 4 is 11.4 Å². The van der Waals surface area contributed by atoms with Gasteiger partial charge in [-0.05, 0) is 12.5 Å². The second kappa shape index (κ2) is 4.44. The highest BCUT2D eigenvalue weighted by Crippen LogP contribution is 2.30. The molecule has 0 spiro atoms. The zero-order valence-corrected chi connectivity index (χ0v) is 9.14. The van der Waals surface area contributed by atoms with Crippen molar-refractivity contribution in [3.63, 3.8) is 0 Å². The van der Waals surface area contributed by atoms with Gasteiger partial charge in [0.15, 0.2) is 0 Å².